The quantitative estimate of drug-likeness (QED) is 0.738. The average Bonchev–Trinajstić information content (AvgIpc) is 2.70. The van der Waals surface area contributed by atoms with Crippen LogP contribution in [0.1, 0.15) is 6.42 Å². The molecule has 1 saturated heterocycles. The average molecular weight is 196 g/mol. The van der Waals surface area contributed by atoms with Crippen LogP contribution in [-0.2, 0) is 0 Å². The minimum absolute atomic E-state index is 0.472. The number of pyridine rings is 1. The summed E-state index contributed by atoms with van der Waals surface area (Å²) in [6.45, 7) is 2.75. The molecule has 0 bridgehead atoms. The second kappa shape index (κ2) is 4.37. The van der Waals surface area contributed by atoms with Crippen molar-refractivity contribution in [2.45, 2.75) is 6.42 Å². The lowest BCUT2D eigenvalue weighted by atomic mass is 10.1. The van der Waals surface area contributed by atoms with E-state index in [4.69, 9.17) is 4.74 Å². The molecule has 2 heterocycles. The predicted molar refractivity (Wildman–Crippen MR) is 50.7 cm³/mol. The summed E-state index contributed by atoms with van der Waals surface area (Å²) < 4.78 is 17.9. The summed E-state index contributed by atoms with van der Waals surface area (Å²) in [5.74, 6) is 0.734. The van der Waals surface area contributed by atoms with Gasteiger partial charge in [0.15, 0.2) is 0 Å². The first-order valence-corrected chi connectivity index (χ1v) is 4.79. The normalized spacial score (nSPS) is 21.1. The number of hydrogen-bond acceptors (Lipinski definition) is 3. The van der Waals surface area contributed by atoms with E-state index in [9.17, 15) is 4.39 Å². The molecule has 0 saturated carbocycles. The van der Waals surface area contributed by atoms with Crippen molar-refractivity contribution in [1.82, 2.24) is 10.3 Å². The Hall–Kier alpha value is -1.16. The number of halogens is 1. The summed E-state index contributed by atoms with van der Waals surface area (Å²) in [6.07, 6.45) is 2.56. The molecule has 0 spiro atoms. The highest BCUT2D eigenvalue weighted by molar-refractivity contribution is 5.16. The van der Waals surface area contributed by atoms with E-state index in [-0.39, 0.29) is 0 Å². The van der Waals surface area contributed by atoms with Gasteiger partial charge in [0.2, 0.25) is 5.95 Å². The number of ether oxygens (including phenoxy) is 1. The lowest BCUT2D eigenvalue weighted by Gasteiger charge is -2.09. The molecule has 0 amide bonds. The Bertz CT molecular complexity index is 283. The van der Waals surface area contributed by atoms with Gasteiger partial charge in [-0.2, -0.15) is 4.39 Å². The third kappa shape index (κ3) is 2.42. The van der Waals surface area contributed by atoms with Gasteiger partial charge < -0.3 is 10.1 Å². The minimum atomic E-state index is -0.472. The molecule has 1 aromatic rings. The van der Waals surface area contributed by atoms with Crippen molar-refractivity contribution in [1.29, 1.82) is 0 Å². The third-order valence-electron chi connectivity index (χ3n) is 2.35. The molecule has 0 unspecified atom stereocenters. The van der Waals surface area contributed by atoms with Crippen LogP contribution in [0.4, 0.5) is 4.39 Å². The summed E-state index contributed by atoms with van der Waals surface area (Å²) in [4.78, 5) is 3.52. The maximum Gasteiger partial charge on any atom is 0.213 e. The second-order valence-corrected chi connectivity index (χ2v) is 3.49. The topological polar surface area (TPSA) is 34.1 Å². The van der Waals surface area contributed by atoms with Gasteiger partial charge >= 0.3 is 0 Å². The van der Waals surface area contributed by atoms with E-state index in [2.05, 4.69) is 10.3 Å². The number of rotatable bonds is 3. The van der Waals surface area contributed by atoms with Crippen LogP contribution in [-0.4, -0.2) is 24.7 Å². The number of nitrogens with zero attached hydrogens (tertiary/aromatic N) is 1. The zero-order valence-corrected chi connectivity index (χ0v) is 7.87. The smallest absolute Gasteiger partial charge is 0.213 e. The Kier molecular flexibility index (Phi) is 2.93. The number of hydrogen-bond donors (Lipinski definition) is 1. The fourth-order valence-corrected chi connectivity index (χ4v) is 1.52. The van der Waals surface area contributed by atoms with E-state index < -0.39 is 5.95 Å². The molecule has 0 radical (unpaired) electrons. The first-order valence-electron chi connectivity index (χ1n) is 4.79. The Morgan fingerprint density at radius 2 is 2.50 bits per heavy atom. The molecular formula is C10H13FN2O. The van der Waals surface area contributed by atoms with E-state index in [0.717, 1.165) is 19.5 Å². The number of aromatic nitrogens is 1. The van der Waals surface area contributed by atoms with E-state index in [0.29, 0.717) is 18.3 Å². The van der Waals surface area contributed by atoms with E-state index >= 15 is 0 Å². The maximum absolute atomic E-state index is 12.5. The fourth-order valence-electron chi connectivity index (χ4n) is 1.52. The van der Waals surface area contributed by atoms with Gasteiger partial charge in [-0.15, -0.1) is 0 Å². The maximum atomic E-state index is 12.5. The van der Waals surface area contributed by atoms with Gasteiger partial charge in [0.1, 0.15) is 5.75 Å². The molecule has 2 rings (SSSR count). The fraction of sp³-hybridized carbons (Fsp3) is 0.500. The predicted octanol–water partition coefficient (Wildman–Crippen LogP) is 1.21. The zero-order valence-electron chi connectivity index (χ0n) is 7.87. The van der Waals surface area contributed by atoms with Gasteiger partial charge in [-0.05, 0) is 25.1 Å². The zero-order chi connectivity index (χ0) is 9.80. The van der Waals surface area contributed by atoms with Crippen molar-refractivity contribution in [2.24, 2.45) is 5.92 Å². The highest BCUT2D eigenvalue weighted by Crippen LogP contribution is 2.13. The summed E-state index contributed by atoms with van der Waals surface area (Å²) >= 11 is 0. The molecule has 1 aliphatic heterocycles. The second-order valence-electron chi connectivity index (χ2n) is 3.49. The molecule has 4 heteroatoms. The lowest BCUT2D eigenvalue weighted by Crippen LogP contribution is -2.15. The molecule has 0 aromatic carbocycles. The molecule has 1 aliphatic rings. The van der Waals surface area contributed by atoms with Gasteiger partial charge in [0.05, 0.1) is 12.8 Å². The molecule has 1 N–H and O–H groups in total. The summed E-state index contributed by atoms with van der Waals surface area (Å²) in [5.41, 5.74) is 0. The van der Waals surface area contributed by atoms with Crippen LogP contribution in [0.3, 0.4) is 0 Å². The molecule has 1 fully saturated rings. The van der Waals surface area contributed by atoms with E-state index in [1.54, 1.807) is 6.07 Å². The minimum Gasteiger partial charge on any atom is -0.492 e. The molecule has 3 nitrogen and oxygen atoms in total. The first kappa shape index (κ1) is 9.40. The molecule has 1 atom stereocenters. The van der Waals surface area contributed by atoms with Gasteiger partial charge in [-0.25, -0.2) is 4.98 Å². The van der Waals surface area contributed by atoms with Crippen molar-refractivity contribution in [3.8, 4) is 5.75 Å². The van der Waals surface area contributed by atoms with E-state index in [1.165, 1.54) is 12.3 Å². The SMILES string of the molecule is Fc1ccc(OC[C@@H]2CCNC2)cn1. The van der Waals surface area contributed by atoms with E-state index in [1.807, 2.05) is 0 Å². The van der Waals surface area contributed by atoms with Gasteiger partial charge in [-0.3, -0.25) is 0 Å². The molecule has 76 valence electrons. The van der Waals surface area contributed by atoms with Gasteiger partial charge in [0, 0.05) is 12.5 Å². The Morgan fingerprint density at radius 3 is 3.14 bits per heavy atom. The van der Waals surface area contributed by atoms with Gasteiger partial charge in [-0.1, -0.05) is 0 Å². The van der Waals surface area contributed by atoms with Gasteiger partial charge in [0.25, 0.3) is 0 Å². The van der Waals surface area contributed by atoms with Crippen molar-refractivity contribution in [3.05, 3.63) is 24.3 Å². The van der Waals surface area contributed by atoms with Crippen LogP contribution in [0, 0.1) is 11.9 Å². The largest absolute Gasteiger partial charge is 0.492 e. The summed E-state index contributed by atoms with van der Waals surface area (Å²) in [6, 6.07) is 2.91. The van der Waals surface area contributed by atoms with Crippen LogP contribution in [0.5, 0.6) is 5.75 Å². The monoisotopic (exact) mass is 196 g/mol. The number of nitrogens with one attached hydrogen (secondary N) is 1. The van der Waals surface area contributed by atoms with Crippen LogP contribution in [0.15, 0.2) is 18.3 Å². The first-order chi connectivity index (χ1) is 6.84. The Balaban J connectivity index is 1.82. The molecule has 1 aromatic heterocycles. The van der Waals surface area contributed by atoms with Crippen molar-refractivity contribution in [3.63, 3.8) is 0 Å². The highest BCUT2D eigenvalue weighted by atomic mass is 19.1. The Labute approximate surface area is 82.3 Å². The highest BCUT2D eigenvalue weighted by Gasteiger charge is 2.14. The summed E-state index contributed by atoms with van der Waals surface area (Å²) in [7, 11) is 0. The molecular weight excluding hydrogens is 183 g/mol. The van der Waals surface area contributed by atoms with Crippen molar-refractivity contribution < 1.29 is 9.13 Å². The molecule has 14 heavy (non-hydrogen) atoms. The van der Waals surface area contributed by atoms with Crippen LogP contribution >= 0.6 is 0 Å². The molecule has 0 aliphatic carbocycles. The Morgan fingerprint density at radius 1 is 1.57 bits per heavy atom. The van der Waals surface area contributed by atoms with Crippen molar-refractivity contribution >= 4 is 0 Å². The van der Waals surface area contributed by atoms with Crippen LogP contribution in [0.2, 0.25) is 0 Å². The van der Waals surface area contributed by atoms with Crippen LogP contribution in [0.25, 0.3) is 0 Å². The standard InChI is InChI=1S/C10H13FN2O/c11-10-2-1-9(6-13-10)14-7-8-3-4-12-5-8/h1-2,6,8,12H,3-5,7H2/t8-/m1/s1. The summed E-state index contributed by atoms with van der Waals surface area (Å²) in [5, 5.41) is 3.26. The lowest BCUT2D eigenvalue weighted by molar-refractivity contribution is 0.258. The van der Waals surface area contributed by atoms with Crippen molar-refractivity contribution in [2.75, 3.05) is 19.7 Å². The van der Waals surface area contributed by atoms with Crippen LogP contribution < -0.4 is 10.1 Å². The third-order valence-corrected chi connectivity index (χ3v) is 2.35.